The van der Waals surface area contributed by atoms with Crippen LogP contribution in [-0.4, -0.2) is 50.7 Å². The van der Waals surface area contributed by atoms with Crippen molar-refractivity contribution in [2.24, 2.45) is 7.05 Å². The fourth-order valence-electron chi connectivity index (χ4n) is 4.25. The number of benzene rings is 1. The van der Waals surface area contributed by atoms with Crippen LogP contribution in [0.4, 0.5) is 27.7 Å². The minimum atomic E-state index is -1.05. The van der Waals surface area contributed by atoms with Crippen LogP contribution in [0, 0.1) is 13.5 Å². The van der Waals surface area contributed by atoms with Crippen molar-refractivity contribution in [1.82, 2.24) is 19.5 Å². The molecule has 4 rings (SSSR count). The molecule has 0 bridgehead atoms. The SMILES string of the molecule is [C-]#[N+]c1cnc(N[C@@H]2C[C@@H](F)CN(c3nc4cc(NC(=O)C=C)c(C)cc4n3C)C2)nc1CC. The standard InChI is InChI=1S/C24H27FN8O/c1-6-17-20(26-4)11-27-23(30-17)28-16-9-15(25)12-33(13-16)24-31-19-10-18(29-22(34)7-2)14(3)8-21(19)32(24)5/h7-8,10-11,15-16H,2,6,9,12-13H2,1,3,5H3,(H,29,34)(H,27,28,30)/t15-,16-/m1/s1. The van der Waals surface area contributed by atoms with Crippen molar-refractivity contribution in [1.29, 1.82) is 0 Å². The van der Waals surface area contributed by atoms with Gasteiger partial charge < -0.3 is 20.1 Å². The summed E-state index contributed by atoms with van der Waals surface area (Å²) in [6.07, 6.45) is 2.62. The quantitative estimate of drug-likeness (QED) is 0.426. The zero-order valence-electron chi connectivity index (χ0n) is 19.5. The van der Waals surface area contributed by atoms with Crippen LogP contribution in [-0.2, 0) is 18.3 Å². The largest absolute Gasteiger partial charge is 0.350 e. The maximum absolute atomic E-state index is 14.8. The number of aromatic nitrogens is 4. The van der Waals surface area contributed by atoms with Gasteiger partial charge in [0, 0.05) is 37.9 Å². The van der Waals surface area contributed by atoms with E-state index in [1.807, 2.05) is 42.5 Å². The summed E-state index contributed by atoms with van der Waals surface area (Å²) < 4.78 is 16.7. The Bertz CT molecular complexity index is 1290. The molecule has 0 spiro atoms. The van der Waals surface area contributed by atoms with E-state index in [2.05, 4.69) is 32.0 Å². The van der Waals surface area contributed by atoms with Gasteiger partial charge in [-0.1, -0.05) is 13.5 Å². The van der Waals surface area contributed by atoms with Gasteiger partial charge in [0.25, 0.3) is 0 Å². The number of hydrogen-bond donors (Lipinski definition) is 2. The van der Waals surface area contributed by atoms with Gasteiger partial charge in [-0.05, 0) is 37.1 Å². The van der Waals surface area contributed by atoms with Gasteiger partial charge in [-0.15, -0.1) is 0 Å². The van der Waals surface area contributed by atoms with Crippen molar-refractivity contribution in [3.05, 3.63) is 53.7 Å². The lowest BCUT2D eigenvalue weighted by molar-refractivity contribution is -0.111. The van der Waals surface area contributed by atoms with Gasteiger partial charge in [0.15, 0.2) is 0 Å². The molecule has 176 valence electrons. The minimum absolute atomic E-state index is 0.226. The minimum Gasteiger partial charge on any atom is -0.350 e. The second kappa shape index (κ2) is 9.47. The zero-order valence-corrected chi connectivity index (χ0v) is 19.5. The zero-order chi connectivity index (χ0) is 24.4. The molecule has 3 heterocycles. The fourth-order valence-corrected chi connectivity index (χ4v) is 4.25. The predicted octanol–water partition coefficient (Wildman–Crippen LogP) is 3.94. The van der Waals surface area contributed by atoms with Gasteiger partial charge in [0.05, 0.1) is 29.8 Å². The molecular weight excluding hydrogens is 435 g/mol. The summed E-state index contributed by atoms with van der Waals surface area (Å²) in [5.41, 5.74) is 4.25. The number of nitrogens with zero attached hydrogens (tertiary/aromatic N) is 6. The molecule has 1 aliphatic heterocycles. The topological polar surface area (TPSA) is 92.3 Å². The second-order valence-electron chi connectivity index (χ2n) is 8.39. The Morgan fingerprint density at radius 2 is 2.18 bits per heavy atom. The van der Waals surface area contributed by atoms with Crippen LogP contribution in [0.15, 0.2) is 31.0 Å². The van der Waals surface area contributed by atoms with Gasteiger partial charge in [-0.3, -0.25) is 4.79 Å². The Labute approximate surface area is 197 Å². The lowest BCUT2D eigenvalue weighted by Gasteiger charge is -2.35. The van der Waals surface area contributed by atoms with Crippen molar-refractivity contribution < 1.29 is 9.18 Å². The number of halogens is 1. The van der Waals surface area contributed by atoms with Crippen LogP contribution in [0.3, 0.4) is 0 Å². The average Bonchev–Trinajstić information content (AvgIpc) is 3.14. The van der Waals surface area contributed by atoms with E-state index in [-0.39, 0.29) is 18.5 Å². The van der Waals surface area contributed by atoms with Gasteiger partial charge in [0.1, 0.15) is 6.17 Å². The Kier molecular flexibility index (Phi) is 6.45. The van der Waals surface area contributed by atoms with Crippen LogP contribution < -0.4 is 15.5 Å². The molecule has 2 aromatic heterocycles. The lowest BCUT2D eigenvalue weighted by atomic mass is 10.0. The number of carbonyl (C=O) groups is 1. The summed E-state index contributed by atoms with van der Waals surface area (Å²) in [7, 11) is 1.90. The summed E-state index contributed by atoms with van der Waals surface area (Å²) in [6.45, 7) is 15.3. The third kappa shape index (κ3) is 4.55. The number of carbonyl (C=O) groups excluding carboxylic acids is 1. The van der Waals surface area contributed by atoms with Crippen molar-refractivity contribution in [3.8, 4) is 0 Å². The smallest absolute Gasteiger partial charge is 0.247 e. The van der Waals surface area contributed by atoms with Gasteiger partial charge in [0.2, 0.25) is 23.5 Å². The van der Waals surface area contributed by atoms with E-state index >= 15 is 0 Å². The highest BCUT2D eigenvalue weighted by Gasteiger charge is 2.30. The normalized spacial score (nSPS) is 17.9. The summed E-state index contributed by atoms with van der Waals surface area (Å²) in [4.78, 5) is 30.5. The van der Waals surface area contributed by atoms with Crippen LogP contribution >= 0.6 is 0 Å². The van der Waals surface area contributed by atoms with Crippen molar-refractivity contribution in [2.45, 2.75) is 38.9 Å². The van der Waals surface area contributed by atoms with Crippen LogP contribution in [0.1, 0.15) is 24.6 Å². The summed E-state index contributed by atoms with van der Waals surface area (Å²) >= 11 is 0. The number of anilines is 3. The van der Waals surface area contributed by atoms with Gasteiger partial charge in [-0.25, -0.2) is 24.2 Å². The van der Waals surface area contributed by atoms with Gasteiger partial charge in [-0.2, -0.15) is 0 Å². The number of hydrogen-bond acceptors (Lipinski definition) is 6. The molecule has 1 amide bonds. The third-order valence-corrected chi connectivity index (χ3v) is 5.96. The number of aryl methyl sites for hydroxylation is 3. The van der Waals surface area contributed by atoms with E-state index in [0.717, 1.165) is 11.1 Å². The number of fused-ring (bicyclic) bond motifs is 1. The molecule has 9 nitrogen and oxygen atoms in total. The van der Waals surface area contributed by atoms with Crippen molar-refractivity contribution in [3.63, 3.8) is 0 Å². The summed E-state index contributed by atoms with van der Waals surface area (Å²) in [5.74, 6) is 0.752. The molecule has 10 heteroatoms. The number of imidazole rings is 1. The van der Waals surface area contributed by atoms with Crippen molar-refractivity contribution in [2.75, 3.05) is 28.6 Å². The first kappa shape index (κ1) is 23.2. The van der Waals surface area contributed by atoms with Gasteiger partial charge >= 0.3 is 0 Å². The maximum atomic E-state index is 14.8. The molecule has 2 N–H and O–H groups in total. The Balaban J connectivity index is 1.59. The third-order valence-electron chi connectivity index (χ3n) is 5.96. The molecule has 1 aromatic carbocycles. The lowest BCUT2D eigenvalue weighted by Crippen LogP contribution is -2.48. The highest BCUT2D eigenvalue weighted by molar-refractivity contribution is 6.00. The number of nitrogens with one attached hydrogen (secondary N) is 2. The molecule has 1 fully saturated rings. The fraction of sp³-hybridized carbons (Fsp3) is 0.375. The molecule has 0 unspecified atom stereocenters. The first-order valence-electron chi connectivity index (χ1n) is 11.1. The van der Waals surface area contributed by atoms with Crippen LogP contribution in [0.2, 0.25) is 0 Å². The molecule has 1 saturated heterocycles. The molecule has 0 aliphatic carbocycles. The predicted molar refractivity (Wildman–Crippen MR) is 131 cm³/mol. The first-order chi connectivity index (χ1) is 16.3. The molecular formula is C24H27FN8O. The molecule has 1 aliphatic rings. The average molecular weight is 463 g/mol. The number of rotatable bonds is 6. The summed E-state index contributed by atoms with van der Waals surface area (Å²) in [5, 5.41) is 6.03. The van der Waals surface area contributed by atoms with E-state index in [4.69, 9.17) is 11.6 Å². The number of alkyl halides is 1. The van der Waals surface area contributed by atoms with Crippen LogP contribution in [0.25, 0.3) is 15.9 Å². The molecule has 34 heavy (non-hydrogen) atoms. The van der Waals surface area contributed by atoms with E-state index in [0.29, 0.717) is 53.9 Å². The highest BCUT2D eigenvalue weighted by Crippen LogP contribution is 2.29. The monoisotopic (exact) mass is 462 g/mol. The molecule has 0 radical (unpaired) electrons. The van der Waals surface area contributed by atoms with Crippen LogP contribution in [0.5, 0.6) is 0 Å². The molecule has 0 saturated carbocycles. The Morgan fingerprint density at radius 3 is 2.88 bits per heavy atom. The van der Waals surface area contributed by atoms with Crippen molar-refractivity contribution >= 4 is 40.2 Å². The number of amides is 1. The molecule has 3 aromatic rings. The van der Waals surface area contributed by atoms with E-state index in [1.54, 1.807) is 0 Å². The second-order valence-corrected chi connectivity index (χ2v) is 8.39. The Hall–Kier alpha value is -4.00. The maximum Gasteiger partial charge on any atom is 0.247 e. The first-order valence-corrected chi connectivity index (χ1v) is 11.1. The number of piperidine rings is 1. The summed E-state index contributed by atoms with van der Waals surface area (Å²) in [6, 6.07) is 3.55. The van der Waals surface area contributed by atoms with E-state index in [1.165, 1.54) is 12.3 Å². The molecule has 2 atom stereocenters. The Morgan fingerprint density at radius 1 is 1.38 bits per heavy atom. The van der Waals surface area contributed by atoms with E-state index in [9.17, 15) is 9.18 Å². The van der Waals surface area contributed by atoms with E-state index < -0.39 is 6.17 Å². The highest BCUT2D eigenvalue weighted by atomic mass is 19.1.